The molecule has 1 aromatic carbocycles. The van der Waals surface area contributed by atoms with Gasteiger partial charge in [0, 0.05) is 19.1 Å². The summed E-state index contributed by atoms with van der Waals surface area (Å²) in [7, 11) is 2.11. The van der Waals surface area contributed by atoms with Gasteiger partial charge in [-0.2, -0.15) is 0 Å². The zero-order chi connectivity index (χ0) is 17.4. The summed E-state index contributed by atoms with van der Waals surface area (Å²) in [6, 6.07) is 7.69. The molecule has 2 N–H and O–H groups in total. The fraction of sp³-hybridized carbons (Fsp3) is 0.650. The Morgan fingerprint density at radius 3 is 2.80 bits per heavy atom. The number of likely N-dealkylation sites (N-methyl/N-ethyl adjacent to an activating group) is 1. The van der Waals surface area contributed by atoms with Crippen molar-refractivity contribution in [2.45, 2.75) is 50.7 Å². The average Bonchev–Trinajstić information content (AvgIpc) is 3.38. The summed E-state index contributed by atoms with van der Waals surface area (Å²) in [6.07, 6.45) is 5.56. The molecule has 1 aliphatic carbocycles. The number of benzene rings is 1. The standard InChI is InChI=1S/C20H29N3O2/c1-22-14-20(7-9-21-10-8-20)12-18(22)19(25)23(16-5-6-16)13-15-3-2-4-17(24)11-15/h2-4,11,16,18,21,24H,5-10,12-14H2,1H3/t18-/m0/s1. The third-order valence-corrected chi connectivity index (χ3v) is 6.23. The van der Waals surface area contributed by atoms with Gasteiger partial charge in [-0.3, -0.25) is 9.69 Å². The molecule has 2 aliphatic heterocycles. The van der Waals surface area contributed by atoms with Gasteiger partial charge in [-0.1, -0.05) is 12.1 Å². The van der Waals surface area contributed by atoms with Crippen LogP contribution in [0.4, 0.5) is 0 Å². The number of hydrogen-bond acceptors (Lipinski definition) is 4. The van der Waals surface area contributed by atoms with Gasteiger partial charge in [-0.15, -0.1) is 0 Å². The molecule has 5 heteroatoms. The minimum absolute atomic E-state index is 0.0102. The summed E-state index contributed by atoms with van der Waals surface area (Å²) in [5, 5.41) is 13.2. The van der Waals surface area contributed by atoms with E-state index in [4.69, 9.17) is 0 Å². The van der Waals surface area contributed by atoms with Gasteiger partial charge in [-0.05, 0) is 75.4 Å². The summed E-state index contributed by atoms with van der Waals surface area (Å²) in [4.78, 5) is 17.7. The number of phenolic OH excluding ortho intramolecular Hbond substituents is 1. The van der Waals surface area contributed by atoms with Crippen LogP contribution < -0.4 is 5.32 Å². The second-order valence-corrected chi connectivity index (χ2v) is 8.25. The molecule has 1 aromatic rings. The van der Waals surface area contributed by atoms with E-state index >= 15 is 0 Å². The number of nitrogens with one attached hydrogen (secondary N) is 1. The Morgan fingerprint density at radius 1 is 1.36 bits per heavy atom. The summed E-state index contributed by atoms with van der Waals surface area (Å²) in [6.45, 7) is 3.79. The lowest BCUT2D eigenvalue weighted by atomic mass is 9.77. The van der Waals surface area contributed by atoms with Gasteiger partial charge in [0.15, 0.2) is 0 Å². The number of amides is 1. The number of carbonyl (C=O) groups excluding carboxylic acids is 1. The van der Waals surface area contributed by atoms with E-state index in [1.165, 1.54) is 12.8 Å². The van der Waals surface area contributed by atoms with E-state index in [0.29, 0.717) is 18.0 Å². The minimum Gasteiger partial charge on any atom is -0.508 e. The minimum atomic E-state index is 0.0102. The van der Waals surface area contributed by atoms with Crippen molar-refractivity contribution in [3.8, 4) is 5.75 Å². The number of likely N-dealkylation sites (tertiary alicyclic amines) is 1. The van der Waals surface area contributed by atoms with Crippen LogP contribution in [0.2, 0.25) is 0 Å². The lowest BCUT2D eigenvalue weighted by Crippen LogP contribution is -2.45. The topological polar surface area (TPSA) is 55.8 Å². The molecule has 3 fully saturated rings. The molecule has 0 bridgehead atoms. The number of aromatic hydroxyl groups is 1. The van der Waals surface area contributed by atoms with E-state index in [1.807, 2.05) is 12.1 Å². The van der Waals surface area contributed by atoms with Crippen LogP contribution in [-0.4, -0.2) is 59.6 Å². The Labute approximate surface area is 150 Å². The predicted molar refractivity (Wildman–Crippen MR) is 97.3 cm³/mol. The number of rotatable bonds is 4. The SMILES string of the molecule is CN1CC2(CCNCC2)C[C@H]1C(=O)N(Cc1cccc(O)c1)C1CC1. The Bertz CT molecular complexity index is 638. The molecule has 1 saturated carbocycles. The van der Waals surface area contributed by atoms with Crippen molar-refractivity contribution in [2.75, 3.05) is 26.7 Å². The van der Waals surface area contributed by atoms with Crippen LogP contribution in [0.5, 0.6) is 5.75 Å². The van der Waals surface area contributed by atoms with Gasteiger partial charge in [0.05, 0.1) is 6.04 Å². The molecule has 1 spiro atoms. The van der Waals surface area contributed by atoms with Gasteiger partial charge in [0.25, 0.3) is 0 Å². The van der Waals surface area contributed by atoms with Crippen molar-refractivity contribution in [1.82, 2.24) is 15.1 Å². The molecule has 2 heterocycles. The van der Waals surface area contributed by atoms with Gasteiger partial charge in [0.2, 0.25) is 5.91 Å². The van der Waals surface area contributed by atoms with Crippen molar-refractivity contribution in [3.05, 3.63) is 29.8 Å². The molecule has 5 nitrogen and oxygen atoms in total. The zero-order valence-electron chi connectivity index (χ0n) is 15.1. The van der Waals surface area contributed by atoms with Crippen molar-refractivity contribution in [3.63, 3.8) is 0 Å². The molecule has 0 aromatic heterocycles. The first-order chi connectivity index (χ1) is 12.1. The highest BCUT2D eigenvalue weighted by atomic mass is 16.3. The molecule has 25 heavy (non-hydrogen) atoms. The molecular weight excluding hydrogens is 314 g/mol. The van der Waals surface area contributed by atoms with E-state index in [-0.39, 0.29) is 17.7 Å². The second-order valence-electron chi connectivity index (χ2n) is 8.25. The van der Waals surface area contributed by atoms with Crippen LogP contribution in [0.1, 0.15) is 37.7 Å². The second kappa shape index (κ2) is 6.61. The van der Waals surface area contributed by atoms with E-state index in [0.717, 1.165) is 44.5 Å². The smallest absolute Gasteiger partial charge is 0.240 e. The van der Waals surface area contributed by atoms with Crippen molar-refractivity contribution in [2.24, 2.45) is 5.41 Å². The molecular formula is C20H29N3O2. The normalized spacial score (nSPS) is 26.0. The monoisotopic (exact) mass is 343 g/mol. The molecule has 0 radical (unpaired) electrons. The maximum Gasteiger partial charge on any atom is 0.240 e. The molecule has 3 aliphatic rings. The summed E-state index contributed by atoms with van der Waals surface area (Å²) in [5.74, 6) is 0.552. The van der Waals surface area contributed by atoms with E-state index in [2.05, 4.69) is 22.2 Å². The van der Waals surface area contributed by atoms with Crippen LogP contribution in [0.25, 0.3) is 0 Å². The molecule has 1 atom stereocenters. The quantitative estimate of drug-likeness (QED) is 0.877. The zero-order valence-corrected chi connectivity index (χ0v) is 15.1. The first-order valence-electron chi connectivity index (χ1n) is 9.56. The Balaban J connectivity index is 1.49. The molecule has 1 amide bonds. The maximum atomic E-state index is 13.4. The highest BCUT2D eigenvalue weighted by Crippen LogP contribution is 2.42. The van der Waals surface area contributed by atoms with Crippen LogP contribution in [0.3, 0.4) is 0 Å². The lowest BCUT2D eigenvalue weighted by molar-refractivity contribution is -0.136. The largest absolute Gasteiger partial charge is 0.508 e. The number of phenols is 1. The number of nitrogens with zero attached hydrogens (tertiary/aromatic N) is 2. The van der Waals surface area contributed by atoms with Crippen molar-refractivity contribution in [1.29, 1.82) is 0 Å². The fourth-order valence-electron chi connectivity index (χ4n) is 4.68. The lowest BCUT2D eigenvalue weighted by Gasteiger charge is -2.33. The van der Waals surface area contributed by atoms with Gasteiger partial charge in [0.1, 0.15) is 5.75 Å². The van der Waals surface area contributed by atoms with Crippen molar-refractivity contribution >= 4 is 5.91 Å². The van der Waals surface area contributed by atoms with Gasteiger partial charge in [-0.25, -0.2) is 0 Å². The van der Waals surface area contributed by atoms with E-state index in [9.17, 15) is 9.90 Å². The average molecular weight is 343 g/mol. The number of hydrogen-bond donors (Lipinski definition) is 2. The summed E-state index contributed by atoms with van der Waals surface area (Å²) >= 11 is 0. The summed E-state index contributed by atoms with van der Waals surface area (Å²) < 4.78 is 0. The van der Waals surface area contributed by atoms with Gasteiger partial charge >= 0.3 is 0 Å². The Kier molecular flexibility index (Phi) is 4.46. The highest BCUT2D eigenvalue weighted by molar-refractivity contribution is 5.83. The summed E-state index contributed by atoms with van der Waals surface area (Å²) in [5.41, 5.74) is 1.33. The number of carbonyl (C=O) groups is 1. The van der Waals surface area contributed by atoms with Crippen LogP contribution in [-0.2, 0) is 11.3 Å². The third-order valence-electron chi connectivity index (χ3n) is 6.23. The molecule has 0 unspecified atom stereocenters. The molecule has 136 valence electrons. The van der Waals surface area contributed by atoms with E-state index in [1.54, 1.807) is 12.1 Å². The number of piperidine rings is 1. The molecule has 2 saturated heterocycles. The fourth-order valence-corrected chi connectivity index (χ4v) is 4.68. The predicted octanol–water partition coefficient (Wildman–Crippen LogP) is 1.96. The Morgan fingerprint density at radius 2 is 2.12 bits per heavy atom. The Hall–Kier alpha value is -1.59. The maximum absolute atomic E-state index is 13.4. The van der Waals surface area contributed by atoms with Crippen LogP contribution in [0.15, 0.2) is 24.3 Å². The van der Waals surface area contributed by atoms with Crippen LogP contribution in [0, 0.1) is 5.41 Å². The first-order valence-corrected chi connectivity index (χ1v) is 9.56. The molecule has 4 rings (SSSR count). The van der Waals surface area contributed by atoms with E-state index < -0.39 is 0 Å². The van der Waals surface area contributed by atoms with Gasteiger partial charge < -0.3 is 15.3 Å². The third kappa shape index (κ3) is 3.53. The highest BCUT2D eigenvalue weighted by Gasteiger charge is 2.48. The van der Waals surface area contributed by atoms with Crippen LogP contribution >= 0.6 is 0 Å². The first kappa shape index (κ1) is 16.9. The van der Waals surface area contributed by atoms with Crippen molar-refractivity contribution < 1.29 is 9.90 Å².